The summed E-state index contributed by atoms with van der Waals surface area (Å²) in [6.45, 7) is 5.77. The summed E-state index contributed by atoms with van der Waals surface area (Å²) in [5, 5.41) is 1.13. The number of piperazine rings is 1. The third-order valence-corrected chi connectivity index (χ3v) is 3.76. The van der Waals surface area contributed by atoms with Gasteiger partial charge in [0.05, 0.1) is 0 Å². The maximum Gasteiger partial charge on any atom is 0.128 e. The van der Waals surface area contributed by atoms with Crippen molar-refractivity contribution in [2.45, 2.75) is 12.8 Å². The maximum atomic E-state index is 4.40. The molecule has 17 heavy (non-hydrogen) atoms. The minimum absolute atomic E-state index is 1.10. The second kappa shape index (κ2) is 6.97. The van der Waals surface area contributed by atoms with E-state index in [4.69, 9.17) is 0 Å². The third kappa shape index (κ3) is 3.96. The van der Waals surface area contributed by atoms with E-state index in [2.05, 4.69) is 42.8 Å². The molecular weight excluding hydrogens is 278 g/mol. The highest BCUT2D eigenvalue weighted by molar-refractivity contribution is 9.09. The van der Waals surface area contributed by atoms with Crippen molar-refractivity contribution in [3.05, 3.63) is 24.4 Å². The monoisotopic (exact) mass is 297 g/mol. The van der Waals surface area contributed by atoms with Gasteiger partial charge in [0, 0.05) is 37.7 Å². The van der Waals surface area contributed by atoms with Crippen LogP contribution < -0.4 is 4.90 Å². The summed E-state index contributed by atoms with van der Waals surface area (Å²) >= 11 is 3.48. The molecule has 0 aliphatic carbocycles. The molecule has 1 aliphatic heterocycles. The van der Waals surface area contributed by atoms with E-state index in [0.29, 0.717) is 0 Å². The third-order valence-electron chi connectivity index (χ3n) is 3.20. The number of hydrogen-bond acceptors (Lipinski definition) is 3. The molecule has 2 heterocycles. The molecule has 0 spiro atoms. The fourth-order valence-electron chi connectivity index (χ4n) is 2.17. The van der Waals surface area contributed by atoms with Gasteiger partial charge < -0.3 is 4.90 Å². The lowest BCUT2D eigenvalue weighted by atomic mass is 10.2. The first kappa shape index (κ1) is 12.8. The van der Waals surface area contributed by atoms with Crippen LogP contribution in [0, 0.1) is 0 Å². The zero-order chi connectivity index (χ0) is 11.9. The molecule has 1 aromatic heterocycles. The lowest BCUT2D eigenvalue weighted by molar-refractivity contribution is 0.254. The number of anilines is 1. The predicted octanol–water partition coefficient (Wildman–Crippen LogP) is 2.38. The molecule has 1 aromatic rings. The van der Waals surface area contributed by atoms with E-state index >= 15 is 0 Å². The summed E-state index contributed by atoms with van der Waals surface area (Å²) in [7, 11) is 0. The molecule has 0 amide bonds. The van der Waals surface area contributed by atoms with Crippen LogP contribution in [0.25, 0.3) is 0 Å². The van der Waals surface area contributed by atoms with Crippen LogP contribution in [0.4, 0.5) is 5.82 Å². The number of aromatic nitrogens is 1. The van der Waals surface area contributed by atoms with Crippen LogP contribution >= 0.6 is 15.9 Å². The van der Waals surface area contributed by atoms with Gasteiger partial charge in [-0.2, -0.15) is 0 Å². The molecule has 0 aromatic carbocycles. The van der Waals surface area contributed by atoms with Gasteiger partial charge in [0.2, 0.25) is 0 Å². The van der Waals surface area contributed by atoms with Crippen LogP contribution in [-0.4, -0.2) is 47.9 Å². The van der Waals surface area contributed by atoms with Crippen LogP contribution in [0.1, 0.15) is 12.8 Å². The highest BCUT2D eigenvalue weighted by atomic mass is 79.9. The number of nitrogens with zero attached hydrogens (tertiary/aromatic N) is 3. The maximum absolute atomic E-state index is 4.40. The van der Waals surface area contributed by atoms with Crippen molar-refractivity contribution in [1.29, 1.82) is 0 Å². The van der Waals surface area contributed by atoms with Gasteiger partial charge in [-0.15, -0.1) is 0 Å². The Morgan fingerprint density at radius 1 is 1.12 bits per heavy atom. The zero-order valence-corrected chi connectivity index (χ0v) is 11.8. The first-order chi connectivity index (χ1) is 8.40. The van der Waals surface area contributed by atoms with Gasteiger partial charge in [-0.25, -0.2) is 4.98 Å². The van der Waals surface area contributed by atoms with Gasteiger partial charge in [0.15, 0.2) is 0 Å². The van der Waals surface area contributed by atoms with Gasteiger partial charge in [0.25, 0.3) is 0 Å². The first-order valence-electron chi connectivity index (χ1n) is 6.34. The molecule has 2 rings (SSSR count). The summed E-state index contributed by atoms with van der Waals surface area (Å²) in [6.07, 6.45) is 4.45. The molecule has 3 nitrogen and oxygen atoms in total. The molecule has 1 aliphatic rings. The Kier molecular flexibility index (Phi) is 5.26. The van der Waals surface area contributed by atoms with E-state index in [1.54, 1.807) is 0 Å². The predicted molar refractivity (Wildman–Crippen MR) is 75.9 cm³/mol. The first-order valence-corrected chi connectivity index (χ1v) is 7.46. The van der Waals surface area contributed by atoms with Gasteiger partial charge in [-0.1, -0.05) is 22.0 Å². The number of halogens is 1. The van der Waals surface area contributed by atoms with Crippen molar-refractivity contribution in [2.24, 2.45) is 0 Å². The average Bonchev–Trinajstić information content (AvgIpc) is 2.41. The minimum Gasteiger partial charge on any atom is -0.354 e. The molecule has 0 saturated carbocycles. The molecular formula is C13H20BrN3. The van der Waals surface area contributed by atoms with Crippen LogP contribution in [0.5, 0.6) is 0 Å². The quantitative estimate of drug-likeness (QED) is 0.614. The SMILES string of the molecule is BrCCCCN1CCN(c2ccccn2)CC1. The number of rotatable bonds is 5. The van der Waals surface area contributed by atoms with E-state index in [1.807, 2.05) is 12.3 Å². The second-order valence-electron chi connectivity index (χ2n) is 4.41. The topological polar surface area (TPSA) is 19.4 Å². The Hall–Kier alpha value is -0.610. The molecule has 4 heteroatoms. The Morgan fingerprint density at radius 2 is 1.94 bits per heavy atom. The summed E-state index contributed by atoms with van der Waals surface area (Å²) in [6, 6.07) is 6.13. The highest BCUT2D eigenvalue weighted by Gasteiger charge is 2.16. The standard InChI is InChI=1S/C13H20BrN3/c14-6-2-4-8-16-9-11-17(12-10-16)13-5-1-3-7-15-13/h1,3,5,7H,2,4,6,8-12H2. The van der Waals surface area contributed by atoms with Gasteiger partial charge in [0.1, 0.15) is 5.82 Å². The molecule has 1 saturated heterocycles. The lowest BCUT2D eigenvalue weighted by Gasteiger charge is -2.35. The zero-order valence-electron chi connectivity index (χ0n) is 10.2. The number of alkyl halides is 1. The summed E-state index contributed by atoms with van der Waals surface area (Å²) in [5.74, 6) is 1.12. The summed E-state index contributed by atoms with van der Waals surface area (Å²) in [5.41, 5.74) is 0. The summed E-state index contributed by atoms with van der Waals surface area (Å²) in [4.78, 5) is 9.34. The summed E-state index contributed by atoms with van der Waals surface area (Å²) < 4.78 is 0. The molecule has 0 radical (unpaired) electrons. The van der Waals surface area contributed by atoms with Crippen LogP contribution in [0.15, 0.2) is 24.4 Å². The highest BCUT2D eigenvalue weighted by Crippen LogP contribution is 2.12. The Bertz CT molecular complexity index is 310. The van der Waals surface area contributed by atoms with Crippen molar-refractivity contribution in [2.75, 3.05) is 43.0 Å². The molecule has 0 atom stereocenters. The molecule has 0 unspecified atom stereocenters. The largest absolute Gasteiger partial charge is 0.354 e. The van der Waals surface area contributed by atoms with Crippen molar-refractivity contribution in [1.82, 2.24) is 9.88 Å². The molecule has 0 N–H and O–H groups in total. The lowest BCUT2D eigenvalue weighted by Crippen LogP contribution is -2.46. The van der Waals surface area contributed by atoms with E-state index in [-0.39, 0.29) is 0 Å². The van der Waals surface area contributed by atoms with Crippen molar-refractivity contribution < 1.29 is 0 Å². The number of unbranched alkanes of at least 4 members (excludes halogenated alkanes) is 1. The van der Waals surface area contributed by atoms with Crippen LogP contribution in [0.2, 0.25) is 0 Å². The Balaban J connectivity index is 1.74. The van der Waals surface area contributed by atoms with E-state index < -0.39 is 0 Å². The minimum atomic E-state index is 1.10. The average molecular weight is 298 g/mol. The van der Waals surface area contributed by atoms with E-state index in [1.165, 1.54) is 32.5 Å². The van der Waals surface area contributed by atoms with Crippen molar-refractivity contribution >= 4 is 21.7 Å². The smallest absolute Gasteiger partial charge is 0.128 e. The van der Waals surface area contributed by atoms with E-state index in [0.717, 1.165) is 24.2 Å². The Labute approximate surface area is 112 Å². The van der Waals surface area contributed by atoms with Crippen LogP contribution in [-0.2, 0) is 0 Å². The molecule has 0 bridgehead atoms. The van der Waals surface area contributed by atoms with Gasteiger partial charge >= 0.3 is 0 Å². The normalized spacial score (nSPS) is 17.4. The second-order valence-corrected chi connectivity index (χ2v) is 5.21. The number of hydrogen-bond donors (Lipinski definition) is 0. The van der Waals surface area contributed by atoms with Crippen LogP contribution in [0.3, 0.4) is 0 Å². The van der Waals surface area contributed by atoms with Crippen molar-refractivity contribution in [3.63, 3.8) is 0 Å². The number of pyridine rings is 1. The van der Waals surface area contributed by atoms with Gasteiger partial charge in [-0.3, -0.25) is 4.90 Å². The van der Waals surface area contributed by atoms with E-state index in [9.17, 15) is 0 Å². The van der Waals surface area contributed by atoms with Crippen molar-refractivity contribution in [3.8, 4) is 0 Å². The molecule has 1 fully saturated rings. The molecule has 94 valence electrons. The fourth-order valence-corrected chi connectivity index (χ4v) is 2.57. The fraction of sp³-hybridized carbons (Fsp3) is 0.615. The van der Waals surface area contributed by atoms with Gasteiger partial charge in [-0.05, 0) is 31.5 Å². The Morgan fingerprint density at radius 3 is 2.59 bits per heavy atom.